The van der Waals surface area contributed by atoms with Crippen LogP contribution in [0.2, 0.25) is 0 Å². The topological polar surface area (TPSA) is 72.2 Å². The molecule has 0 amide bonds. The van der Waals surface area contributed by atoms with Crippen molar-refractivity contribution in [2.45, 2.75) is 50.8 Å². The van der Waals surface area contributed by atoms with Crippen molar-refractivity contribution in [3.05, 3.63) is 0 Å². The Balaban J connectivity index is 2.50. The van der Waals surface area contributed by atoms with E-state index in [1.165, 1.54) is 0 Å². The number of nitrogens with two attached hydrogens (primary N) is 1. The van der Waals surface area contributed by atoms with Crippen LogP contribution in [0.4, 0.5) is 0 Å². The van der Waals surface area contributed by atoms with Crippen molar-refractivity contribution in [3.63, 3.8) is 0 Å². The van der Waals surface area contributed by atoms with Crippen LogP contribution in [0.3, 0.4) is 0 Å². The van der Waals surface area contributed by atoms with E-state index in [1.807, 2.05) is 0 Å². The molecule has 2 unspecified atom stereocenters. The first-order valence-corrected chi connectivity index (χ1v) is 6.97. The predicted molar refractivity (Wildman–Crippen MR) is 62.0 cm³/mol. The molecular formula is C10H22N2O2S. The maximum atomic E-state index is 11.8. The summed E-state index contributed by atoms with van der Waals surface area (Å²) in [5.74, 6) is 0.308. The summed E-state index contributed by atoms with van der Waals surface area (Å²) in [6.07, 6.45) is 3.17. The molecule has 0 bridgehead atoms. The van der Waals surface area contributed by atoms with Crippen molar-refractivity contribution in [1.29, 1.82) is 0 Å². The molecule has 3 N–H and O–H groups in total. The van der Waals surface area contributed by atoms with Gasteiger partial charge in [-0.15, -0.1) is 0 Å². The van der Waals surface area contributed by atoms with Crippen molar-refractivity contribution in [1.82, 2.24) is 4.72 Å². The predicted octanol–water partition coefficient (Wildman–Crippen LogP) is 0.832. The molecule has 1 fully saturated rings. The molecule has 0 heterocycles. The third kappa shape index (κ3) is 3.16. The lowest BCUT2D eigenvalue weighted by molar-refractivity contribution is 0.463. The van der Waals surface area contributed by atoms with E-state index in [9.17, 15) is 8.42 Å². The van der Waals surface area contributed by atoms with Gasteiger partial charge >= 0.3 is 0 Å². The molecule has 0 aromatic carbocycles. The molecule has 0 radical (unpaired) electrons. The summed E-state index contributed by atoms with van der Waals surface area (Å²) in [6.45, 7) is 5.58. The van der Waals surface area contributed by atoms with Crippen LogP contribution in [-0.2, 0) is 10.0 Å². The maximum absolute atomic E-state index is 11.8. The molecule has 4 nitrogen and oxygen atoms in total. The molecule has 0 saturated heterocycles. The minimum atomic E-state index is -3.21. The summed E-state index contributed by atoms with van der Waals surface area (Å²) in [5.41, 5.74) is 5.88. The number of rotatable bonds is 3. The fourth-order valence-corrected chi connectivity index (χ4v) is 2.62. The van der Waals surface area contributed by atoms with Gasteiger partial charge in [0.05, 0.1) is 4.75 Å². The second kappa shape index (κ2) is 4.39. The third-order valence-corrected chi connectivity index (χ3v) is 5.22. The van der Waals surface area contributed by atoms with E-state index in [0.717, 1.165) is 19.3 Å². The van der Waals surface area contributed by atoms with Crippen molar-refractivity contribution in [3.8, 4) is 0 Å². The largest absolute Gasteiger partial charge is 0.327 e. The van der Waals surface area contributed by atoms with E-state index < -0.39 is 14.8 Å². The van der Waals surface area contributed by atoms with E-state index in [4.69, 9.17) is 5.73 Å². The van der Waals surface area contributed by atoms with Gasteiger partial charge in [-0.25, -0.2) is 13.1 Å². The molecule has 2 atom stereocenters. The van der Waals surface area contributed by atoms with Crippen LogP contribution in [0.15, 0.2) is 0 Å². The highest BCUT2D eigenvalue weighted by molar-refractivity contribution is 7.90. The summed E-state index contributed by atoms with van der Waals surface area (Å²) in [4.78, 5) is 0. The van der Waals surface area contributed by atoms with Crippen LogP contribution < -0.4 is 10.5 Å². The molecule has 0 aliphatic heterocycles. The highest BCUT2D eigenvalue weighted by Gasteiger charge is 2.31. The van der Waals surface area contributed by atoms with Gasteiger partial charge in [-0.3, -0.25) is 0 Å². The summed E-state index contributed by atoms with van der Waals surface area (Å²) in [6, 6.07) is 0.160. The van der Waals surface area contributed by atoms with Gasteiger partial charge in [-0.2, -0.15) is 0 Å². The van der Waals surface area contributed by atoms with Crippen molar-refractivity contribution in [2.75, 3.05) is 6.54 Å². The zero-order chi connectivity index (χ0) is 11.7. The molecular weight excluding hydrogens is 212 g/mol. The van der Waals surface area contributed by atoms with Gasteiger partial charge in [0.15, 0.2) is 0 Å². The first-order chi connectivity index (χ1) is 6.74. The molecule has 15 heavy (non-hydrogen) atoms. The fourth-order valence-electron chi connectivity index (χ4n) is 1.75. The molecule has 0 spiro atoms. The lowest BCUT2D eigenvalue weighted by atomic mass is 10.1. The monoisotopic (exact) mass is 234 g/mol. The molecule has 0 aromatic rings. The van der Waals surface area contributed by atoms with Gasteiger partial charge in [-0.05, 0) is 39.5 Å². The fraction of sp³-hybridized carbons (Fsp3) is 1.00. The van der Waals surface area contributed by atoms with Gasteiger partial charge < -0.3 is 5.73 Å². The summed E-state index contributed by atoms with van der Waals surface area (Å²) >= 11 is 0. The highest BCUT2D eigenvalue weighted by Crippen LogP contribution is 2.24. The Morgan fingerprint density at radius 1 is 1.33 bits per heavy atom. The van der Waals surface area contributed by atoms with E-state index >= 15 is 0 Å². The summed E-state index contributed by atoms with van der Waals surface area (Å²) in [7, 11) is -3.21. The van der Waals surface area contributed by atoms with Crippen LogP contribution in [-0.4, -0.2) is 25.8 Å². The van der Waals surface area contributed by atoms with E-state index in [1.54, 1.807) is 20.8 Å². The minimum Gasteiger partial charge on any atom is -0.327 e. The van der Waals surface area contributed by atoms with E-state index in [0.29, 0.717) is 12.5 Å². The standard InChI is InChI=1S/C10H22N2O2S/c1-10(2,3)15(13,14)12-7-8-5-4-6-9(8)11/h8-9,12H,4-7,11H2,1-3H3. The number of hydrogen-bond donors (Lipinski definition) is 2. The molecule has 5 heteroatoms. The molecule has 1 saturated carbocycles. The first-order valence-electron chi connectivity index (χ1n) is 5.49. The Morgan fingerprint density at radius 3 is 2.33 bits per heavy atom. The average molecular weight is 234 g/mol. The molecule has 1 aliphatic rings. The Labute approximate surface area is 92.7 Å². The lowest BCUT2D eigenvalue weighted by Crippen LogP contribution is -2.43. The SMILES string of the molecule is CC(C)(C)S(=O)(=O)NCC1CCCC1N. The van der Waals surface area contributed by atoms with Gasteiger partial charge in [0, 0.05) is 12.6 Å². The average Bonchev–Trinajstić information content (AvgIpc) is 2.46. The number of nitrogens with one attached hydrogen (secondary N) is 1. The maximum Gasteiger partial charge on any atom is 0.216 e. The van der Waals surface area contributed by atoms with Crippen molar-refractivity contribution < 1.29 is 8.42 Å². The number of hydrogen-bond acceptors (Lipinski definition) is 3. The Morgan fingerprint density at radius 2 is 1.93 bits per heavy atom. The van der Waals surface area contributed by atoms with E-state index in [-0.39, 0.29) is 6.04 Å². The van der Waals surface area contributed by atoms with Gasteiger partial charge in [0.2, 0.25) is 10.0 Å². The molecule has 1 rings (SSSR count). The van der Waals surface area contributed by atoms with Crippen LogP contribution in [0.5, 0.6) is 0 Å². The van der Waals surface area contributed by atoms with Crippen LogP contribution in [0.1, 0.15) is 40.0 Å². The second-order valence-electron chi connectivity index (χ2n) is 5.32. The van der Waals surface area contributed by atoms with Gasteiger partial charge in [0.25, 0.3) is 0 Å². The van der Waals surface area contributed by atoms with E-state index in [2.05, 4.69) is 4.72 Å². The smallest absolute Gasteiger partial charge is 0.216 e. The Kier molecular flexibility index (Phi) is 3.79. The lowest BCUT2D eigenvalue weighted by Gasteiger charge is -2.22. The third-order valence-electron chi connectivity index (χ3n) is 3.06. The van der Waals surface area contributed by atoms with Gasteiger partial charge in [-0.1, -0.05) is 6.42 Å². The van der Waals surface area contributed by atoms with Crippen LogP contribution >= 0.6 is 0 Å². The highest BCUT2D eigenvalue weighted by atomic mass is 32.2. The van der Waals surface area contributed by atoms with Crippen molar-refractivity contribution in [2.24, 2.45) is 11.7 Å². The van der Waals surface area contributed by atoms with Crippen molar-refractivity contribution >= 4 is 10.0 Å². The normalized spacial score (nSPS) is 28.3. The van der Waals surface area contributed by atoms with Crippen LogP contribution in [0.25, 0.3) is 0 Å². The van der Waals surface area contributed by atoms with Crippen LogP contribution in [0, 0.1) is 5.92 Å². The zero-order valence-corrected chi connectivity index (χ0v) is 10.6. The number of sulfonamides is 1. The quantitative estimate of drug-likeness (QED) is 0.760. The Bertz CT molecular complexity index is 306. The molecule has 0 aromatic heterocycles. The first kappa shape index (κ1) is 12.9. The second-order valence-corrected chi connectivity index (χ2v) is 7.84. The molecule has 1 aliphatic carbocycles. The zero-order valence-electron chi connectivity index (χ0n) is 9.79. The van der Waals surface area contributed by atoms with Gasteiger partial charge in [0.1, 0.15) is 0 Å². The summed E-state index contributed by atoms with van der Waals surface area (Å²) < 4.78 is 25.5. The summed E-state index contributed by atoms with van der Waals surface area (Å²) in [5, 5.41) is 0. The molecule has 90 valence electrons. The Hall–Kier alpha value is -0.130. The minimum absolute atomic E-state index is 0.160.